The number of rotatable bonds is 8. The van der Waals surface area contributed by atoms with Crippen LogP contribution in [-0.4, -0.2) is 23.9 Å². The molecule has 2 aromatic carbocycles. The van der Waals surface area contributed by atoms with E-state index in [0.717, 1.165) is 6.42 Å². The molecule has 0 aliphatic heterocycles. The minimum absolute atomic E-state index is 0.0404. The van der Waals surface area contributed by atoms with Gasteiger partial charge in [0.2, 0.25) is 5.91 Å². The standard InChI is InChI=1S/C20H22N4O4S/c1-3-14(2)24-12-19(22-13-24)29(26,27)23-16-7-9-17(10-8-16)28-18-6-4-5-15(11-18)20(21)25/h4-14,23H,3H2,1-2H3,(H2,21,25). The van der Waals surface area contributed by atoms with Gasteiger partial charge in [-0.3, -0.25) is 9.52 Å². The number of hydrogen-bond donors (Lipinski definition) is 2. The Bertz CT molecular complexity index is 1110. The fraction of sp³-hybridized carbons (Fsp3) is 0.200. The molecule has 0 saturated heterocycles. The van der Waals surface area contributed by atoms with Crippen LogP contribution in [0.2, 0.25) is 0 Å². The Hall–Kier alpha value is -3.33. The molecule has 1 aromatic heterocycles. The normalized spacial score (nSPS) is 12.3. The van der Waals surface area contributed by atoms with Gasteiger partial charge in [0.1, 0.15) is 11.5 Å². The number of nitrogens with zero attached hydrogens (tertiary/aromatic N) is 2. The zero-order chi connectivity index (χ0) is 21.0. The Morgan fingerprint density at radius 3 is 2.59 bits per heavy atom. The van der Waals surface area contributed by atoms with Crippen LogP contribution < -0.4 is 15.2 Å². The van der Waals surface area contributed by atoms with Crippen LogP contribution in [0.25, 0.3) is 0 Å². The second kappa shape index (κ2) is 8.36. The van der Waals surface area contributed by atoms with Gasteiger partial charge in [-0.1, -0.05) is 13.0 Å². The molecule has 0 bridgehead atoms. The van der Waals surface area contributed by atoms with Gasteiger partial charge < -0.3 is 15.0 Å². The predicted octanol–water partition coefficient (Wildman–Crippen LogP) is 3.55. The maximum atomic E-state index is 12.5. The van der Waals surface area contributed by atoms with Crippen molar-refractivity contribution in [2.24, 2.45) is 5.73 Å². The van der Waals surface area contributed by atoms with Gasteiger partial charge in [-0.2, -0.15) is 8.42 Å². The summed E-state index contributed by atoms with van der Waals surface area (Å²) < 4.78 is 35.0. The first-order valence-electron chi connectivity index (χ1n) is 9.02. The van der Waals surface area contributed by atoms with E-state index in [2.05, 4.69) is 9.71 Å². The Balaban J connectivity index is 1.71. The van der Waals surface area contributed by atoms with Crippen LogP contribution >= 0.6 is 0 Å². The SMILES string of the molecule is CCC(C)n1cnc(S(=O)(=O)Nc2ccc(Oc3cccc(C(N)=O)c3)cc2)c1. The van der Waals surface area contributed by atoms with Crippen LogP contribution in [0.4, 0.5) is 5.69 Å². The molecule has 0 saturated carbocycles. The summed E-state index contributed by atoms with van der Waals surface area (Å²) >= 11 is 0. The molecule has 3 aromatic rings. The average Bonchev–Trinajstić information content (AvgIpc) is 3.20. The minimum atomic E-state index is -3.80. The van der Waals surface area contributed by atoms with E-state index in [1.54, 1.807) is 47.0 Å². The number of carbonyl (C=O) groups is 1. The second-order valence-electron chi connectivity index (χ2n) is 6.54. The monoisotopic (exact) mass is 414 g/mol. The summed E-state index contributed by atoms with van der Waals surface area (Å²) in [5, 5.41) is -0.0404. The molecular formula is C20H22N4O4S. The third-order valence-corrected chi connectivity index (χ3v) is 5.68. The number of primary amides is 1. The molecule has 0 fully saturated rings. The maximum Gasteiger partial charge on any atom is 0.280 e. The molecule has 0 radical (unpaired) electrons. The van der Waals surface area contributed by atoms with E-state index in [0.29, 0.717) is 22.7 Å². The van der Waals surface area contributed by atoms with Gasteiger partial charge in [0.05, 0.1) is 6.33 Å². The van der Waals surface area contributed by atoms with Crippen LogP contribution in [0.15, 0.2) is 66.1 Å². The minimum Gasteiger partial charge on any atom is -0.457 e. The lowest BCUT2D eigenvalue weighted by Crippen LogP contribution is -2.13. The highest BCUT2D eigenvalue weighted by Gasteiger charge is 2.18. The molecule has 29 heavy (non-hydrogen) atoms. The van der Waals surface area contributed by atoms with Crippen LogP contribution in [-0.2, 0) is 10.0 Å². The molecule has 1 heterocycles. The van der Waals surface area contributed by atoms with Gasteiger partial charge >= 0.3 is 0 Å². The van der Waals surface area contributed by atoms with Crippen LogP contribution in [0.1, 0.15) is 36.7 Å². The summed E-state index contributed by atoms with van der Waals surface area (Å²) in [6.45, 7) is 4.01. The largest absolute Gasteiger partial charge is 0.457 e. The van der Waals surface area contributed by atoms with Gasteiger partial charge in [0.25, 0.3) is 10.0 Å². The predicted molar refractivity (Wildman–Crippen MR) is 110 cm³/mol. The summed E-state index contributed by atoms with van der Waals surface area (Å²) in [7, 11) is -3.80. The zero-order valence-electron chi connectivity index (χ0n) is 16.1. The first-order valence-corrected chi connectivity index (χ1v) is 10.5. The maximum absolute atomic E-state index is 12.5. The number of aromatic nitrogens is 2. The highest BCUT2D eigenvalue weighted by molar-refractivity contribution is 7.92. The van der Waals surface area contributed by atoms with E-state index in [-0.39, 0.29) is 11.1 Å². The number of imidazole rings is 1. The number of carbonyl (C=O) groups excluding carboxylic acids is 1. The summed E-state index contributed by atoms with van der Waals surface area (Å²) in [5.74, 6) is 0.386. The smallest absolute Gasteiger partial charge is 0.280 e. The summed E-state index contributed by atoms with van der Waals surface area (Å²) in [6, 6.07) is 13.0. The number of sulfonamides is 1. The van der Waals surface area contributed by atoms with Gasteiger partial charge in [0, 0.05) is 23.5 Å². The van der Waals surface area contributed by atoms with Crippen molar-refractivity contribution in [1.82, 2.24) is 9.55 Å². The Morgan fingerprint density at radius 1 is 1.21 bits per heavy atom. The molecule has 152 valence electrons. The summed E-state index contributed by atoms with van der Waals surface area (Å²) in [5.41, 5.74) is 5.98. The number of amides is 1. The van der Waals surface area contributed by atoms with Crippen molar-refractivity contribution in [2.75, 3.05) is 4.72 Å². The Labute approximate surface area is 169 Å². The number of benzene rings is 2. The quantitative estimate of drug-likeness (QED) is 0.585. The molecule has 0 aliphatic rings. The molecule has 0 spiro atoms. The highest BCUT2D eigenvalue weighted by Crippen LogP contribution is 2.25. The van der Waals surface area contributed by atoms with E-state index in [1.807, 2.05) is 13.8 Å². The Morgan fingerprint density at radius 2 is 1.93 bits per heavy atom. The third kappa shape index (κ3) is 4.94. The highest BCUT2D eigenvalue weighted by atomic mass is 32.2. The summed E-state index contributed by atoms with van der Waals surface area (Å²) in [4.78, 5) is 15.2. The second-order valence-corrected chi connectivity index (χ2v) is 8.17. The van der Waals surface area contributed by atoms with Crippen molar-refractivity contribution in [2.45, 2.75) is 31.3 Å². The van der Waals surface area contributed by atoms with E-state index >= 15 is 0 Å². The van der Waals surface area contributed by atoms with Crippen molar-refractivity contribution in [3.8, 4) is 11.5 Å². The first-order chi connectivity index (χ1) is 13.8. The van der Waals surface area contributed by atoms with E-state index < -0.39 is 15.9 Å². The molecule has 3 N–H and O–H groups in total. The molecule has 0 aliphatic carbocycles. The van der Waals surface area contributed by atoms with Crippen molar-refractivity contribution in [3.05, 3.63) is 66.6 Å². The Kier molecular flexibility index (Phi) is 5.88. The number of nitrogens with two attached hydrogens (primary N) is 1. The third-order valence-electron chi connectivity index (χ3n) is 4.41. The lowest BCUT2D eigenvalue weighted by molar-refractivity contribution is 0.1000. The lowest BCUT2D eigenvalue weighted by atomic mass is 10.2. The van der Waals surface area contributed by atoms with Gasteiger partial charge in [0.15, 0.2) is 5.03 Å². The van der Waals surface area contributed by atoms with Crippen molar-refractivity contribution in [1.29, 1.82) is 0 Å². The van der Waals surface area contributed by atoms with Gasteiger partial charge in [-0.25, -0.2) is 4.98 Å². The van der Waals surface area contributed by atoms with Crippen molar-refractivity contribution < 1.29 is 17.9 Å². The van der Waals surface area contributed by atoms with Crippen molar-refractivity contribution in [3.63, 3.8) is 0 Å². The fourth-order valence-corrected chi connectivity index (χ4v) is 3.55. The van der Waals surface area contributed by atoms with E-state index in [1.165, 1.54) is 18.6 Å². The fourth-order valence-electron chi connectivity index (χ4n) is 2.56. The molecule has 8 nitrogen and oxygen atoms in total. The molecule has 1 atom stereocenters. The van der Waals surface area contributed by atoms with Crippen LogP contribution in [0.5, 0.6) is 11.5 Å². The lowest BCUT2D eigenvalue weighted by Gasteiger charge is -2.10. The van der Waals surface area contributed by atoms with Gasteiger partial charge in [-0.15, -0.1) is 0 Å². The number of anilines is 1. The molecule has 1 unspecified atom stereocenters. The molecule has 1 amide bonds. The molecular weight excluding hydrogens is 392 g/mol. The number of ether oxygens (including phenoxy) is 1. The summed E-state index contributed by atoms with van der Waals surface area (Å²) in [6.07, 6.45) is 3.90. The van der Waals surface area contributed by atoms with Crippen molar-refractivity contribution >= 4 is 21.6 Å². The molecule has 9 heteroatoms. The first kappa shape index (κ1) is 20.4. The number of nitrogens with one attached hydrogen (secondary N) is 1. The zero-order valence-corrected chi connectivity index (χ0v) is 16.9. The average molecular weight is 414 g/mol. The number of hydrogen-bond acceptors (Lipinski definition) is 5. The van der Waals surface area contributed by atoms with E-state index in [4.69, 9.17) is 10.5 Å². The van der Waals surface area contributed by atoms with Gasteiger partial charge in [-0.05, 0) is 55.8 Å². The van der Waals surface area contributed by atoms with Crippen LogP contribution in [0, 0.1) is 0 Å². The topological polar surface area (TPSA) is 116 Å². The van der Waals surface area contributed by atoms with E-state index in [9.17, 15) is 13.2 Å². The van der Waals surface area contributed by atoms with Crippen LogP contribution in [0.3, 0.4) is 0 Å². The molecule has 3 rings (SSSR count).